The zero-order valence-electron chi connectivity index (χ0n) is 14.1. The van der Waals surface area contributed by atoms with E-state index in [-0.39, 0.29) is 16.5 Å². The number of nitrogens with zero attached hydrogens (tertiary/aromatic N) is 4. The molecule has 3 aromatic rings. The standard InChI is InChI=1S/C16H15BrN6O3S/c1-2-23-10-13(17)14(21-23)15(24)20-11-4-6-12(7-5-11)27(25,26)22-16-18-8-3-9-19-16/h3-10H,2H2,1H3,(H,20,24)(H,18,19,22). The maximum atomic E-state index is 12.3. The van der Waals surface area contributed by atoms with E-state index in [1.54, 1.807) is 16.9 Å². The molecule has 9 nitrogen and oxygen atoms in total. The molecule has 2 aromatic heterocycles. The van der Waals surface area contributed by atoms with E-state index >= 15 is 0 Å². The Balaban J connectivity index is 1.73. The van der Waals surface area contributed by atoms with Crippen LogP contribution in [0.25, 0.3) is 0 Å². The number of amides is 1. The first kappa shape index (κ1) is 19.0. The zero-order valence-corrected chi connectivity index (χ0v) is 16.5. The molecular weight excluding hydrogens is 436 g/mol. The number of benzene rings is 1. The number of hydrogen-bond acceptors (Lipinski definition) is 6. The molecule has 27 heavy (non-hydrogen) atoms. The van der Waals surface area contributed by atoms with E-state index in [1.807, 2.05) is 6.92 Å². The molecule has 0 aliphatic heterocycles. The van der Waals surface area contributed by atoms with Crippen LogP contribution < -0.4 is 10.0 Å². The van der Waals surface area contributed by atoms with Crippen molar-refractivity contribution in [2.75, 3.05) is 10.0 Å². The quantitative estimate of drug-likeness (QED) is 0.595. The fourth-order valence-corrected chi connectivity index (χ4v) is 3.61. The summed E-state index contributed by atoms with van der Waals surface area (Å²) in [4.78, 5) is 20.0. The van der Waals surface area contributed by atoms with E-state index in [0.29, 0.717) is 16.7 Å². The Morgan fingerprint density at radius 2 is 1.85 bits per heavy atom. The molecule has 0 radical (unpaired) electrons. The Morgan fingerprint density at radius 1 is 1.19 bits per heavy atom. The average molecular weight is 451 g/mol. The number of sulfonamides is 1. The monoisotopic (exact) mass is 450 g/mol. The van der Waals surface area contributed by atoms with Gasteiger partial charge in [-0.2, -0.15) is 5.10 Å². The van der Waals surface area contributed by atoms with E-state index in [0.717, 1.165) is 0 Å². The van der Waals surface area contributed by atoms with Crippen LogP contribution in [0.2, 0.25) is 0 Å². The third-order valence-corrected chi connectivity index (χ3v) is 5.39. The van der Waals surface area contributed by atoms with Gasteiger partial charge in [0.05, 0.1) is 9.37 Å². The summed E-state index contributed by atoms with van der Waals surface area (Å²) < 4.78 is 29.2. The Kier molecular flexibility index (Phi) is 5.51. The topological polar surface area (TPSA) is 119 Å². The number of carbonyl (C=O) groups excluding carboxylic acids is 1. The van der Waals surface area contributed by atoms with Crippen LogP contribution >= 0.6 is 15.9 Å². The van der Waals surface area contributed by atoms with Crippen molar-refractivity contribution >= 4 is 43.5 Å². The predicted octanol–water partition coefficient (Wildman–Crippen LogP) is 2.51. The van der Waals surface area contributed by atoms with E-state index in [9.17, 15) is 13.2 Å². The molecule has 0 fully saturated rings. The van der Waals surface area contributed by atoms with Gasteiger partial charge < -0.3 is 5.32 Å². The zero-order chi connectivity index (χ0) is 19.4. The van der Waals surface area contributed by atoms with Crippen LogP contribution in [0.5, 0.6) is 0 Å². The summed E-state index contributed by atoms with van der Waals surface area (Å²) in [5.41, 5.74) is 0.685. The van der Waals surface area contributed by atoms with Crippen LogP contribution in [0.4, 0.5) is 11.6 Å². The fraction of sp³-hybridized carbons (Fsp3) is 0.125. The second-order valence-corrected chi connectivity index (χ2v) is 7.87. The summed E-state index contributed by atoms with van der Waals surface area (Å²) in [5.74, 6) is -0.424. The molecule has 3 rings (SSSR count). The van der Waals surface area contributed by atoms with Crippen molar-refractivity contribution in [1.29, 1.82) is 0 Å². The number of anilines is 2. The Bertz CT molecular complexity index is 1050. The van der Waals surface area contributed by atoms with E-state index < -0.39 is 15.9 Å². The third kappa shape index (κ3) is 4.49. The van der Waals surface area contributed by atoms with Crippen LogP contribution in [0.1, 0.15) is 17.4 Å². The molecule has 11 heteroatoms. The number of aromatic nitrogens is 4. The van der Waals surface area contributed by atoms with Crippen molar-refractivity contribution in [2.24, 2.45) is 0 Å². The molecular formula is C16H15BrN6O3S. The highest BCUT2D eigenvalue weighted by molar-refractivity contribution is 9.10. The first-order valence-electron chi connectivity index (χ1n) is 7.83. The van der Waals surface area contributed by atoms with Crippen molar-refractivity contribution in [1.82, 2.24) is 19.7 Å². The number of aryl methyl sites for hydroxylation is 1. The summed E-state index contributed by atoms with van der Waals surface area (Å²) >= 11 is 3.30. The summed E-state index contributed by atoms with van der Waals surface area (Å²) in [6.45, 7) is 2.55. The lowest BCUT2D eigenvalue weighted by molar-refractivity contribution is 0.102. The van der Waals surface area contributed by atoms with Gasteiger partial charge in [0.25, 0.3) is 15.9 Å². The summed E-state index contributed by atoms with van der Waals surface area (Å²) in [5, 5.41) is 6.85. The second-order valence-electron chi connectivity index (χ2n) is 5.34. The lowest BCUT2D eigenvalue weighted by atomic mass is 10.3. The molecule has 1 amide bonds. The summed E-state index contributed by atoms with van der Waals surface area (Å²) in [7, 11) is -3.83. The maximum Gasteiger partial charge on any atom is 0.277 e. The van der Waals surface area contributed by atoms with Crippen LogP contribution in [0.3, 0.4) is 0 Å². The number of nitrogens with one attached hydrogen (secondary N) is 2. The van der Waals surface area contributed by atoms with Crippen LogP contribution in [-0.4, -0.2) is 34.1 Å². The van der Waals surface area contributed by atoms with Gasteiger partial charge in [-0.05, 0) is 53.2 Å². The van der Waals surface area contributed by atoms with Crippen molar-refractivity contribution in [3.05, 3.63) is 59.1 Å². The van der Waals surface area contributed by atoms with Gasteiger partial charge in [0.1, 0.15) is 0 Å². The van der Waals surface area contributed by atoms with Crippen LogP contribution in [-0.2, 0) is 16.6 Å². The lowest BCUT2D eigenvalue weighted by Gasteiger charge is -2.08. The van der Waals surface area contributed by atoms with Crippen molar-refractivity contribution in [3.8, 4) is 0 Å². The smallest absolute Gasteiger partial charge is 0.277 e. The minimum absolute atomic E-state index is 0.0180. The third-order valence-electron chi connectivity index (χ3n) is 3.47. The number of halogens is 1. The molecule has 0 bridgehead atoms. The maximum absolute atomic E-state index is 12.3. The second kappa shape index (κ2) is 7.84. The molecule has 0 saturated carbocycles. The summed E-state index contributed by atoms with van der Waals surface area (Å²) in [6.07, 6.45) is 4.57. The van der Waals surface area contributed by atoms with Gasteiger partial charge in [0.15, 0.2) is 5.69 Å². The van der Waals surface area contributed by atoms with E-state index in [4.69, 9.17) is 0 Å². The van der Waals surface area contributed by atoms with Crippen molar-refractivity contribution in [2.45, 2.75) is 18.4 Å². The highest BCUT2D eigenvalue weighted by Gasteiger charge is 2.17. The van der Waals surface area contributed by atoms with Gasteiger partial charge in [-0.3, -0.25) is 9.48 Å². The number of rotatable bonds is 6. The fourth-order valence-electron chi connectivity index (χ4n) is 2.15. The Hall–Kier alpha value is -2.79. The molecule has 0 unspecified atom stereocenters. The van der Waals surface area contributed by atoms with Gasteiger partial charge in [0, 0.05) is 30.8 Å². The number of hydrogen-bond donors (Lipinski definition) is 2. The molecule has 140 valence electrons. The van der Waals surface area contributed by atoms with Crippen molar-refractivity contribution in [3.63, 3.8) is 0 Å². The Morgan fingerprint density at radius 3 is 2.44 bits per heavy atom. The van der Waals surface area contributed by atoms with Gasteiger partial charge in [-0.1, -0.05) is 0 Å². The predicted molar refractivity (Wildman–Crippen MR) is 103 cm³/mol. The molecule has 2 heterocycles. The van der Waals surface area contributed by atoms with Gasteiger partial charge in [-0.15, -0.1) is 0 Å². The number of carbonyl (C=O) groups is 1. The first-order valence-corrected chi connectivity index (χ1v) is 10.1. The highest BCUT2D eigenvalue weighted by Crippen LogP contribution is 2.19. The molecule has 0 atom stereocenters. The SMILES string of the molecule is CCn1cc(Br)c(C(=O)Nc2ccc(S(=O)(=O)Nc3ncccn3)cc2)n1. The van der Waals surface area contributed by atoms with E-state index in [1.165, 1.54) is 36.7 Å². The molecule has 0 saturated heterocycles. The molecule has 0 spiro atoms. The normalized spacial score (nSPS) is 11.2. The van der Waals surface area contributed by atoms with Gasteiger partial charge in [0.2, 0.25) is 5.95 Å². The highest BCUT2D eigenvalue weighted by atomic mass is 79.9. The molecule has 2 N–H and O–H groups in total. The van der Waals surface area contributed by atoms with Gasteiger partial charge >= 0.3 is 0 Å². The molecule has 0 aliphatic rings. The Labute approximate surface area is 164 Å². The van der Waals surface area contributed by atoms with E-state index in [2.05, 4.69) is 41.0 Å². The van der Waals surface area contributed by atoms with Gasteiger partial charge in [-0.25, -0.2) is 23.1 Å². The lowest BCUT2D eigenvalue weighted by Crippen LogP contribution is -2.16. The van der Waals surface area contributed by atoms with Crippen LogP contribution in [0, 0.1) is 0 Å². The molecule has 0 aliphatic carbocycles. The minimum atomic E-state index is -3.83. The van der Waals surface area contributed by atoms with Crippen LogP contribution in [0.15, 0.2) is 58.3 Å². The molecule has 1 aromatic carbocycles. The first-order chi connectivity index (χ1) is 12.9. The average Bonchev–Trinajstić information content (AvgIpc) is 3.04. The summed E-state index contributed by atoms with van der Waals surface area (Å²) in [6, 6.07) is 7.31. The minimum Gasteiger partial charge on any atom is -0.321 e. The largest absolute Gasteiger partial charge is 0.321 e. The van der Waals surface area contributed by atoms with Crippen molar-refractivity contribution < 1.29 is 13.2 Å².